The Kier molecular flexibility index (Phi) is 9.62. The number of nitrogens with one attached hydrogen (secondary N) is 3. The molecule has 0 bridgehead atoms. The number of rotatable bonds is 11. The van der Waals surface area contributed by atoms with Crippen LogP contribution in [0.1, 0.15) is 49.3 Å². The summed E-state index contributed by atoms with van der Waals surface area (Å²) in [5.74, 6) is 0. The van der Waals surface area contributed by atoms with Crippen molar-refractivity contribution in [3.63, 3.8) is 0 Å². The number of aliphatic imine (C=N–C) groups is 1. The molecular weight excluding hydrogens is 452 g/mol. The van der Waals surface area contributed by atoms with Gasteiger partial charge in [0.05, 0.1) is 0 Å². The number of carbonyl (C=O) groups excluding carboxylic acids is 1. The second-order valence-electron chi connectivity index (χ2n) is 8.94. The third-order valence-corrected chi connectivity index (χ3v) is 6.47. The van der Waals surface area contributed by atoms with Gasteiger partial charge in [0.15, 0.2) is 0 Å². The summed E-state index contributed by atoms with van der Waals surface area (Å²) in [5.41, 5.74) is 16.3. The summed E-state index contributed by atoms with van der Waals surface area (Å²) >= 11 is 0. The topological polar surface area (TPSA) is 121 Å². The molecule has 1 fully saturated rings. The minimum atomic E-state index is -2.70. The van der Waals surface area contributed by atoms with Crippen molar-refractivity contribution < 1.29 is 13.6 Å². The van der Waals surface area contributed by atoms with E-state index in [2.05, 4.69) is 20.9 Å². The van der Waals surface area contributed by atoms with Gasteiger partial charge in [-0.3, -0.25) is 9.79 Å². The lowest BCUT2D eigenvalue weighted by molar-refractivity contribution is -0.118. The molecule has 192 valence electrons. The van der Waals surface area contributed by atoms with Gasteiger partial charge in [0, 0.05) is 79.7 Å². The first-order chi connectivity index (χ1) is 16.9. The highest BCUT2D eigenvalue weighted by Crippen LogP contribution is 2.34. The van der Waals surface area contributed by atoms with E-state index in [1.807, 2.05) is 6.92 Å². The molecule has 2 atom stereocenters. The average Bonchev–Trinajstić information content (AvgIpc) is 3.36. The smallest absolute Gasteiger partial charge is 0.264 e. The number of aryl methyl sites for hydroxylation is 1. The van der Waals surface area contributed by atoms with Gasteiger partial charge >= 0.3 is 0 Å². The summed E-state index contributed by atoms with van der Waals surface area (Å²) in [6.07, 6.45) is 3.41. The second kappa shape index (κ2) is 12.6. The average molecular weight is 490 g/mol. The first-order valence-electron chi connectivity index (χ1n) is 12.1. The number of nitrogens with zero attached hydrogens (tertiary/aromatic N) is 2. The Morgan fingerprint density at radius 1 is 1.40 bits per heavy atom. The Bertz CT molecular complexity index is 971. The zero-order chi connectivity index (χ0) is 25.4. The normalized spacial score (nSPS) is 20.1. The van der Waals surface area contributed by atoms with Gasteiger partial charge in [-0.1, -0.05) is 13.3 Å². The number of allylic oxidation sites excluding steroid dienone is 1. The van der Waals surface area contributed by atoms with Crippen LogP contribution in [0.15, 0.2) is 34.6 Å². The zero-order valence-electron chi connectivity index (χ0n) is 20.5. The predicted octanol–water partition coefficient (Wildman–Crippen LogP) is 2.34. The van der Waals surface area contributed by atoms with Gasteiger partial charge in [-0.05, 0) is 42.6 Å². The van der Waals surface area contributed by atoms with Crippen molar-refractivity contribution in [2.24, 2.45) is 16.5 Å². The molecule has 0 aromatic heterocycles. The van der Waals surface area contributed by atoms with Gasteiger partial charge in [-0.2, -0.15) is 0 Å². The molecule has 7 N–H and O–H groups in total. The van der Waals surface area contributed by atoms with Crippen LogP contribution in [-0.2, 0) is 11.2 Å². The van der Waals surface area contributed by atoms with Crippen molar-refractivity contribution in [2.75, 3.05) is 38.5 Å². The molecular formula is C25H37F2N7O. The van der Waals surface area contributed by atoms with E-state index in [-0.39, 0.29) is 5.56 Å². The van der Waals surface area contributed by atoms with Crippen molar-refractivity contribution in [3.8, 4) is 0 Å². The van der Waals surface area contributed by atoms with Crippen LogP contribution in [0, 0.1) is 0 Å². The van der Waals surface area contributed by atoms with Gasteiger partial charge in [-0.15, -0.1) is 0 Å². The van der Waals surface area contributed by atoms with E-state index in [9.17, 15) is 13.6 Å². The van der Waals surface area contributed by atoms with E-state index in [1.54, 1.807) is 18.0 Å². The van der Waals surface area contributed by atoms with Crippen molar-refractivity contribution in [2.45, 2.75) is 51.2 Å². The fraction of sp³-hybridized carbons (Fsp3) is 0.520. The third-order valence-electron chi connectivity index (χ3n) is 6.47. The fourth-order valence-electron chi connectivity index (χ4n) is 4.67. The molecule has 2 aliphatic heterocycles. The highest BCUT2D eigenvalue weighted by atomic mass is 19.3. The van der Waals surface area contributed by atoms with E-state index in [0.717, 1.165) is 49.2 Å². The highest BCUT2D eigenvalue weighted by Gasteiger charge is 2.26. The molecule has 2 heterocycles. The Morgan fingerprint density at radius 3 is 2.80 bits per heavy atom. The molecule has 10 heteroatoms. The molecule has 1 aromatic carbocycles. The van der Waals surface area contributed by atoms with Crippen LogP contribution in [0.5, 0.6) is 0 Å². The van der Waals surface area contributed by atoms with E-state index < -0.39 is 12.6 Å². The van der Waals surface area contributed by atoms with Gasteiger partial charge in [-0.25, -0.2) is 8.78 Å². The fourth-order valence-corrected chi connectivity index (χ4v) is 4.67. The summed E-state index contributed by atoms with van der Waals surface area (Å²) in [6.45, 7) is 4.85. The van der Waals surface area contributed by atoms with Gasteiger partial charge < -0.3 is 32.3 Å². The molecule has 0 spiro atoms. The number of nitrogens with two attached hydrogens (primary N) is 2. The highest BCUT2D eigenvalue weighted by molar-refractivity contribution is 6.10. The van der Waals surface area contributed by atoms with Crippen molar-refractivity contribution >= 4 is 23.9 Å². The molecule has 8 nitrogen and oxygen atoms in total. The van der Waals surface area contributed by atoms with E-state index in [0.29, 0.717) is 48.8 Å². The Labute approximate surface area is 205 Å². The lowest BCUT2D eigenvalue weighted by Crippen LogP contribution is -2.45. The van der Waals surface area contributed by atoms with Crippen LogP contribution in [-0.4, -0.2) is 63.0 Å². The summed E-state index contributed by atoms with van der Waals surface area (Å²) < 4.78 is 28.2. The minimum Gasteiger partial charge on any atom is -0.404 e. The van der Waals surface area contributed by atoms with Gasteiger partial charge in [0.2, 0.25) is 6.41 Å². The van der Waals surface area contributed by atoms with Crippen LogP contribution in [0.2, 0.25) is 0 Å². The summed E-state index contributed by atoms with van der Waals surface area (Å²) in [7, 11) is 1.57. The molecule has 0 aliphatic carbocycles. The maximum absolute atomic E-state index is 14.1. The SMILES string of the molecule is CCCc1cc(/C(C=NC)=C/N)c(C(F)F)cc1NC(N)C1=C(NC2CCNC2)CCN(C=O)C1. The van der Waals surface area contributed by atoms with Crippen LogP contribution in [0.4, 0.5) is 14.5 Å². The number of halogens is 2. The zero-order valence-corrected chi connectivity index (χ0v) is 20.5. The number of benzene rings is 1. The van der Waals surface area contributed by atoms with Gasteiger partial charge in [0.1, 0.15) is 6.17 Å². The first kappa shape index (κ1) is 26.6. The van der Waals surface area contributed by atoms with E-state index >= 15 is 0 Å². The van der Waals surface area contributed by atoms with E-state index in [1.165, 1.54) is 18.5 Å². The number of alkyl halides is 2. The molecule has 0 saturated carbocycles. The Hall–Kier alpha value is -2.98. The summed E-state index contributed by atoms with van der Waals surface area (Å²) in [6, 6.07) is 3.51. The first-order valence-corrected chi connectivity index (χ1v) is 12.1. The van der Waals surface area contributed by atoms with Gasteiger partial charge in [0.25, 0.3) is 6.43 Å². The van der Waals surface area contributed by atoms with Crippen LogP contribution in [0.25, 0.3) is 5.57 Å². The number of carbonyl (C=O) groups is 1. The molecule has 2 unspecified atom stereocenters. The second-order valence-corrected chi connectivity index (χ2v) is 8.94. The van der Waals surface area contributed by atoms with Crippen molar-refractivity contribution in [1.82, 2.24) is 15.5 Å². The lowest BCUT2D eigenvalue weighted by atomic mass is 9.94. The number of amides is 1. The van der Waals surface area contributed by atoms with Crippen LogP contribution in [0.3, 0.4) is 0 Å². The standard InChI is InChI=1S/C25H37F2N7O/c1-3-4-16-9-19(17(11-28)12-30-2)20(24(26)27)10-23(16)33-25(29)21-14-34(15-35)8-6-22(21)32-18-5-7-31-13-18/h9-12,15,18,24-25,31-33H,3-8,13-14,28-29H2,1-2H3/b17-11+,30-12?. The molecule has 0 radical (unpaired) electrons. The quantitative estimate of drug-likeness (QED) is 0.185. The van der Waals surface area contributed by atoms with Crippen molar-refractivity contribution in [3.05, 3.63) is 46.3 Å². The van der Waals surface area contributed by atoms with Crippen LogP contribution < -0.4 is 27.4 Å². The molecule has 3 rings (SSSR count). The molecule has 1 saturated heterocycles. The third kappa shape index (κ3) is 6.58. The molecule has 35 heavy (non-hydrogen) atoms. The minimum absolute atomic E-state index is 0.140. The largest absolute Gasteiger partial charge is 0.404 e. The van der Waals surface area contributed by atoms with Crippen LogP contribution >= 0.6 is 0 Å². The van der Waals surface area contributed by atoms with Crippen molar-refractivity contribution in [1.29, 1.82) is 0 Å². The monoisotopic (exact) mass is 489 g/mol. The summed E-state index contributed by atoms with van der Waals surface area (Å²) in [5, 5.41) is 10.2. The van der Waals surface area contributed by atoms with E-state index in [4.69, 9.17) is 11.5 Å². The molecule has 2 aliphatic rings. The lowest BCUT2D eigenvalue weighted by Gasteiger charge is -2.33. The number of hydrogen-bond donors (Lipinski definition) is 5. The number of anilines is 1. The maximum Gasteiger partial charge on any atom is 0.264 e. The predicted molar refractivity (Wildman–Crippen MR) is 137 cm³/mol. The molecule has 1 aromatic rings. The molecule has 1 amide bonds. The Morgan fingerprint density at radius 2 is 2.20 bits per heavy atom. The number of hydrogen-bond acceptors (Lipinski definition) is 7. The maximum atomic E-state index is 14.1. The Balaban J connectivity index is 1.98. The summed E-state index contributed by atoms with van der Waals surface area (Å²) in [4.78, 5) is 17.1.